The number of non-ortho nitro benzene ring substituents is 1. The van der Waals surface area contributed by atoms with Gasteiger partial charge in [-0.1, -0.05) is 64.1 Å². The Morgan fingerprint density at radius 3 is 2.24 bits per heavy atom. The van der Waals surface area contributed by atoms with E-state index in [4.69, 9.17) is 19.2 Å². The second kappa shape index (κ2) is 17.3. The van der Waals surface area contributed by atoms with Crippen molar-refractivity contribution in [3.8, 4) is 22.8 Å². The number of hydrogen-bond donors (Lipinski definition) is 3. The summed E-state index contributed by atoms with van der Waals surface area (Å²) in [7, 11) is -3.03. The van der Waals surface area contributed by atoms with E-state index in [1.54, 1.807) is 79.8 Å². The Morgan fingerprint density at radius 1 is 1.00 bits per heavy atom. The van der Waals surface area contributed by atoms with Crippen LogP contribution in [0.25, 0.3) is 22.2 Å². The fourth-order valence-corrected chi connectivity index (χ4v) is 8.87. The lowest BCUT2D eigenvalue weighted by Gasteiger charge is -2.36. The molecule has 17 nitrogen and oxygen atoms in total. The van der Waals surface area contributed by atoms with Gasteiger partial charge in [-0.05, 0) is 56.4 Å². The number of alkyl carbamates (subject to hydrolysis) is 1. The first-order valence-electron chi connectivity index (χ1n) is 20.3. The zero-order valence-corrected chi connectivity index (χ0v) is 37.1. The largest absolute Gasteiger partial charge is 0.497 e. The average molecular weight is 885 g/mol. The van der Waals surface area contributed by atoms with Crippen molar-refractivity contribution in [2.24, 2.45) is 17.3 Å². The molecule has 2 fully saturated rings. The zero-order valence-electron chi connectivity index (χ0n) is 36.3. The summed E-state index contributed by atoms with van der Waals surface area (Å²) in [6.45, 7) is 15.6. The average Bonchev–Trinajstić information content (AvgIpc) is 3.55. The van der Waals surface area contributed by atoms with Crippen molar-refractivity contribution >= 4 is 50.4 Å². The molecule has 1 aliphatic carbocycles. The normalized spacial score (nSPS) is 21.4. The maximum atomic E-state index is 14.8. The van der Waals surface area contributed by atoms with E-state index in [1.807, 2.05) is 35.1 Å². The first-order chi connectivity index (χ1) is 29.5. The number of fused-ring (bicyclic) bond motifs is 1. The van der Waals surface area contributed by atoms with Crippen LogP contribution in [0.3, 0.4) is 0 Å². The lowest BCUT2D eigenvalue weighted by Crippen LogP contribution is -2.60. The Balaban J connectivity index is 1.36. The number of nitrogens with zero attached hydrogens (tertiary/aromatic N) is 3. The molecule has 1 saturated heterocycles. The van der Waals surface area contributed by atoms with Crippen molar-refractivity contribution in [2.45, 2.75) is 89.1 Å². The molecule has 63 heavy (non-hydrogen) atoms. The van der Waals surface area contributed by atoms with E-state index in [0.717, 1.165) is 29.8 Å². The number of carbonyl (C=O) groups excluding carboxylic acids is 4. The summed E-state index contributed by atoms with van der Waals surface area (Å²) >= 11 is 0. The Bertz CT molecular complexity index is 2560. The Morgan fingerprint density at radius 2 is 1.67 bits per heavy atom. The molecule has 0 spiro atoms. The number of aromatic nitrogens is 1. The van der Waals surface area contributed by atoms with E-state index in [-0.39, 0.29) is 18.7 Å². The Labute approximate surface area is 365 Å². The molecule has 1 aromatic heterocycles. The second-order valence-corrected chi connectivity index (χ2v) is 19.5. The number of amides is 4. The molecule has 2 unspecified atom stereocenters. The monoisotopic (exact) mass is 884 g/mol. The van der Waals surface area contributed by atoms with Gasteiger partial charge in [-0.25, -0.2) is 22.9 Å². The van der Waals surface area contributed by atoms with Crippen LogP contribution in [0.2, 0.25) is 0 Å². The summed E-state index contributed by atoms with van der Waals surface area (Å²) in [4.78, 5) is 73.0. The van der Waals surface area contributed by atoms with E-state index in [2.05, 4.69) is 17.2 Å². The van der Waals surface area contributed by atoms with Crippen LogP contribution >= 0.6 is 0 Å². The third kappa shape index (κ3) is 9.75. The minimum Gasteiger partial charge on any atom is -0.497 e. The van der Waals surface area contributed by atoms with Crippen LogP contribution in [0, 0.1) is 27.4 Å². The molecule has 334 valence electrons. The first kappa shape index (κ1) is 46.0. The van der Waals surface area contributed by atoms with Crippen LogP contribution in [0.4, 0.5) is 10.5 Å². The third-order valence-electron chi connectivity index (χ3n) is 11.2. The molecule has 18 heteroatoms. The highest BCUT2D eigenvalue weighted by atomic mass is 32.2. The van der Waals surface area contributed by atoms with Gasteiger partial charge in [0, 0.05) is 47.6 Å². The number of benzene rings is 3. The van der Waals surface area contributed by atoms with E-state index >= 15 is 0 Å². The highest BCUT2D eigenvalue weighted by molar-refractivity contribution is 7.90. The summed E-state index contributed by atoms with van der Waals surface area (Å²) in [6.07, 6.45) is -0.308. The van der Waals surface area contributed by atoms with Crippen LogP contribution < -0.4 is 24.8 Å². The summed E-state index contributed by atoms with van der Waals surface area (Å²) in [5.41, 5.74) is -1.99. The molecule has 6 atom stereocenters. The summed E-state index contributed by atoms with van der Waals surface area (Å²) in [5, 5.41) is 17.3. The van der Waals surface area contributed by atoms with Crippen molar-refractivity contribution in [1.29, 1.82) is 0 Å². The first-order valence-corrected chi connectivity index (χ1v) is 21.7. The van der Waals surface area contributed by atoms with Crippen molar-refractivity contribution in [3.05, 3.63) is 102 Å². The predicted molar refractivity (Wildman–Crippen MR) is 233 cm³/mol. The lowest BCUT2D eigenvalue weighted by molar-refractivity contribution is -0.384. The predicted octanol–water partition coefficient (Wildman–Crippen LogP) is 5.92. The molecule has 3 aromatic carbocycles. The molecule has 0 radical (unpaired) electrons. The fourth-order valence-electron chi connectivity index (χ4n) is 7.85. The second-order valence-electron chi connectivity index (χ2n) is 17.8. The van der Waals surface area contributed by atoms with Crippen molar-refractivity contribution in [3.63, 3.8) is 0 Å². The maximum absolute atomic E-state index is 14.8. The topological polar surface area (TPSA) is 225 Å². The summed E-state index contributed by atoms with van der Waals surface area (Å²) in [5.74, 6) is -2.87. The third-order valence-corrected chi connectivity index (χ3v) is 12.5. The van der Waals surface area contributed by atoms with Crippen LogP contribution in [0.1, 0.15) is 54.9 Å². The molecule has 3 N–H and O–H groups in total. The highest BCUT2D eigenvalue weighted by Gasteiger charge is 2.68. The summed E-state index contributed by atoms with van der Waals surface area (Å²) < 4.78 is 46.6. The summed E-state index contributed by atoms with van der Waals surface area (Å²) in [6, 6.07) is 18.0. The van der Waals surface area contributed by atoms with Gasteiger partial charge < -0.3 is 29.7 Å². The molecule has 4 aromatic rings. The molecular weight excluding hydrogens is 833 g/mol. The number of sulfonamides is 1. The number of ether oxygens (including phenoxy) is 3. The molecule has 1 aliphatic heterocycles. The maximum Gasteiger partial charge on any atom is 0.408 e. The van der Waals surface area contributed by atoms with Gasteiger partial charge in [0.15, 0.2) is 0 Å². The number of rotatable bonds is 13. The van der Waals surface area contributed by atoms with Gasteiger partial charge >= 0.3 is 6.09 Å². The van der Waals surface area contributed by atoms with Crippen LogP contribution in [-0.4, -0.2) is 90.0 Å². The number of nitro benzene ring substituents is 1. The van der Waals surface area contributed by atoms with Crippen LogP contribution in [0.5, 0.6) is 11.5 Å². The van der Waals surface area contributed by atoms with Gasteiger partial charge in [-0.3, -0.25) is 24.5 Å². The number of likely N-dealkylation sites (tertiary alicyclic amines) is 1. The number of carbonyl (C=O) groups is 4. The molecular formula is C45H52N6O11S. The highest BCUT2D eigenvalue weighted by Crippen LogP contribution is 2.52. The van der Waals surface area contributed by atoms with Gasteiger partial charge in [0.25, 0.3) is 21.6 Å². The van der Waals surface area contributed by atoms with Gasteiger partial charge in [-0.15, -0.1) is 6.58 Å². The smallest absolute Gasteiger partial charge is 0.408 e. The van der Waals surface area contributed by atoms with Crippen molar-refractivity contribution in [2.75, 3.05) is 13.7 Å². The van der Waals surface area contributed by atoms with E-state index in [1.165, 1.54) is 11.0 Å². The van der Waals surface area contributed by atoms with Crippen molar-refractivity contribution < 1.29 is 46.7 Å². The van der Waals surface area contributed by atoms with Crippen LogP contribution in [0.15, 0.2) is 96.4 Å². The number of pyridine rings is 1. The Hall–Kier alpha value is -6.56. The van der Waals surface area contributed by atoms with Gasteiger partial charge in [0.05, 0.1) is 34.7 Å². The molecule has 6 rings (SSSR count). The van der Waals surface area contributed by atoms with Gasteiger partial charge in [-0.2, -0.15) is 0 Å². The zero-order chi connectivity index (χ0) is 46.2. The van der Waals surface area contributed by atoms with E-state index < -0.39 is 90.2 Å². The fraction of sp³-hybridized carbons (Fsp3) is 0.400. The van der Waals surface area contributed by atoms with Gasteiger partial charge in [0.1, 0.15) is 40.8 Å². The van der Waals surface area contributed by atoms with Crippen LogP contribution in [-0.2, 0) is 29.1 Å². The number of hydrogen-bond acceptors (Lipinski definition) is 12. The van der Waals surface area contributed by atoms with Crippen molar-refractivity contribution in [1.82, 2.24) is 25.2 Å². The molecule has 1 saturated carbocycles. The molecule has 4 amide bonds. The minimum atomic E-state index is -4.58. The Kier molecular flexibility index (Phi) is 12.6. The number of nitrogens with one attached hydrogen (secondary N) is 3. The number of nitro groups is 1. The van der Waals surface area contributed by atoms with E-state index in [9.17, 15) is 37.7 Å². The molecule has 2 aliphatic rings. The number of methoxy groups -OCH3 is 1. The van der Waals surface area contributed by atoms with Gasteiger partial charge in [0.2, 0.25) is 11.8 Å². The standard InChI is InChI=1S/C45H52N6O11S/c1-10-33-26(2)45(33,41(54)49-63(58,59)31-19-16-28(17-20-31)51(56)57)48-39(52)36-23-30(25-50(36)40(53)38(43(3,4)5)47-42(55)62-44(6,7)8)61-37-24-34(27-14-12-11-13-15-27)46-35-22-29(60-9)18-21-32(35)37/h10-22,24,26,30,33,36,38H,1,23,25H2,2-9H3,(H,47,55)(H,48,52)(H,49,54)/t26-,30+,33?,36-,38?,45+/m0/s1. The minimum absolute atomic E-state index is 0.0759. The lowest BCUT2D eigenvalue weighted by atomic mass is 9.85. The SMILES string of the molecule is C=CC1[C@H](C)[C@]1(NC(=O)[C@@H]1C[C@@H](Oc2cc(-c3ccccc3)nc3cc(OC)ccc23)CN1C(=O)C(NC(=O)OC(C)(C)C)C(C)(C)C)C(=O)NS(=O)(=O)c1ccc([N+](=O)[O-])cc1. The molecule has 0 bridgehead atoms. The van der Waals surface area contributed by atoms with E-state index in [0.29, 0.717) is 28.1 Å². The molecule has 2 heterocycles. The quantitative estimate of drug-likeness (QED) is 0.0809.